The van der Waals surface area contributed by atoms with Crippen molar-refractivity contribution in [1.82, 2.24) is 0 Å². The van der Waals surface area contributed by atoms with E-state index in [-0.39, 0.29) is 0 Å². The molecule has 1 heterocycles. The fraction of sp³-hybridized carbons (Fsp3) is 0.286. The molecular formula is C14H18ClNS. The van der Waals surface area contributed by atoms with Crippen molar-refractivity contribution in [2.75, 3.05) is 5.73 Å². The van der Waals surface area contributed by atoms with E-state index in [4.69, 9.17) is 17.3 Å². The third-order valence-electron chi connectivity index (χ3n) is 2.18. The Morgan fingerprint density at radius 3 is 2.12 bits per heavy atom. The van der Waals surface area contributed by atoms with Crippen molar-refractivity contribution in [2.24, 2.45) is 0 Å². The van der Waals surface area contributed by atoms with Gasteiger partial charge in [-0.25, -0.2) is 0 Å². The van der Waals surface area contributed by atoms with Gasteiger partial charge in [0.25, 0.3) is 0 Å². The molecule has 17 heavy (non-hydrogen) atoms. The fourth-order valence-corrected chi connectivity index (χ4v) is 2.24. The summed E-state index contributed by atoms with van der Waals surface area (Å²) in [6.07, 6.45) is 1.25. The molecule has 2 N–H and O–H groups in total. The lowest BCUT2D eigenvalue weighted by atomic mass is 10.1. The van der Waals surface area contributed by atoms with E-state index in [1.165, 1.54) is 6.42 Å². The quantitative estimate of drug-likeness (QED) is 0.738. The van der Waals surface area contributed by atoms with E-state index >= 15 is 0 Å². The van der Waals surface area contributed by atoms with Crippen LogP contribution in [0.4, 0.5) is 5.69 Å². The van der Waals surface area contributed by atoms with Gasteiger partial charge in [0.05, 0.1) is 5.69 Å². The van der Waals surface area contributed by atoms with Gasteiger partial charge >= 0.3 is 0 Å². The van der Waals surface area contributed by atoms with E-state index in [1.807, 2.05) is 31.2 Å². The summed E-state index contributed by atoms with van der Waals surface area (Å²) in [5.74, 6) is 0. The van der Waals surface area contributed by atoms with Crippen LogP contribution in [0.3, 0.4) is 0 Å². The van der Waals surface area contributed by atoms with Gasteiger partial charge in [0.2, 0.25) is 0 Å². The fourth-order valence-electron chi connectivity index (χ4n) is 1.32. The Balaban J connectivity index is 0.000000437. The molecule has 0 atom stereocenters. The van der Waals surface area contributed by atoms with Gasteiger partial charge in [0.1, 0.15) is 0 Å². The number of rotatable bonds is 1. The maximum absolute atomic E-state index is 5.95. The lowest BCUT2D eigenvalue weighted by molar-refractivity contribution is 1.09. The van der Waals surface area contributed by atoms with Crippen molar-refractivity contribution in [3.05, 3.63) is 39.5 Å². The molecule has 92 valence electrons. The van der Waals surface area contributed by atoms with E-state index in [9.17, 15) is 0 Å². The number of anilines is 1. The summed E-state index contributed by atoms with van der Waals surface area (Å²) in [4.78, 5) is 1.16. The Kier molecular flexibility index (Phi) is 5.52. The Hall–Kier alpha value is -0.990. The Morgan fingerprint density at radius 2 is 1.71 bits per heavy atom. The number of nitrogens with two attached hydrogens (primary N) is 1. The number of halogens is 1. The predicted molar refractivity (Wildman–Crippen MR) is 79.9 cm³/mol. The average molecular weight is 268 g/mol. The minimum Gasteiger partial charge on any atom is -0.397 e. The molecule has 2 aromatic rings. The molecule has 3 heteroatoms. The van der Waals surface area contributed by atoms with Crippen molar-refractivity contribution in [2.45, 2.75) is 27.2 Å². The number of benzene rings is 1. The van der Waals surface area contributed by atoms with E-state index in [0.29, 0.717) is 0 Å². The zero-order valence-corrected chi connectivity index (χ0v) is 12.0. The van der Waals surface area contributed by atoms with Gasteiger partial charge in [-0.2, -0.15) is 0 Å². The second kappa shape index (κ2) is 6.67. The first-order valence-corrected chi connectivity index (χ1v) is 6.95. The van der Waals surface area contributed by atoms with E-state index in [0.717, 1.165) is 26.7 Å². The van der Waals surface area contributed by atoms with Crippen LogP contribution in [0.1, 0.15) is 25.1 Å². The highest BCUT2D eigenvalue weighted by atomic mass is 35.5. The third kappa shape index (κ3) is 3.76. The molecule has 1 aromatic heterocycles. The van der Waals surface area contributed by atoms with Gasteiger partial charge in [-0.1, -0.05) is 44.0 Å². The SMILES string of the molecule is CCC.Cc1scc(-c2ccc(Cl)cc2)c1N. The number of hydrogen-bond donors (Lipinski definition) is 1. The summed E-state index contributed by atoms with van der Waals surface area (Å²) in [5.41, 5.74) is 9.05. The van der Waals surface area contributed by atoms with Crippen LogP contribution in [-0.2, 0) is 0 Å². The summed E-state index contributed by atoms with van der Waals surface area (Å²) in [7, 11) is 0. The molecule has 0 spiro atoms. The summed E-state index contributed by atoms with van der Waals surface area (Å²) >= 11 is 7.49. The second-order valence-electron chi connectivity index (χ2n) is 3.83. The van der Waals surface area contributed by atoms with Gasteiger partial charge in [-0.15, -0.1) is 11.3 Å². The normalized spacial score (nSPS) is 9.65. The zero-order chi connectivity index (χ0) is 12.8. The van der Waals surface area contributed by atoms with Crippen molar-refractivity contribution in [3.8, 4) is 11.1 Å². The highest BCUT2D eigenvalue weighted by Gasteiger charge is 2.06. The highest BCUT2D eigenvalue weighted by molar-refractivity contribution is 7.11. The van der Waals surface area contributed by atoms with Crippen molar-refractivity contribution >= 4 is 28.6 Å². The highest BCUT2D eigenvalue weighted by Crippen LogP contribution is 2.33. The van der Waals surface area contributed by atoms with Crippen LogP contribution >= 0.6 is 22.9 Å². The Bertz CT molecular complexity index is 460. The van der Waals surface area contributed by atoms with Gasteiger partial charge in [0, 0.05) is 20.8 Å². The third-order valence-corrected chi connectivity index (χ3v) is 3.36. The van der Waals surface area contributed by atoms with Crippen LogP contribution in [0.5, 0.6) is 0 Å². The van der Waals surface area contributed by atoms with Crippen molar-refractivity contribution in [3.63, 3.8) is 0 Å². The topological polar surface area (TPSA) is 26.0 Å². The molecule has 0 aliphatic carbocycles. The average Bonchev–Trinajstić information content (AvgIpc) is 2.63. The molecule has 2 rings (SSSR count). The predicted octanol–water partition coefficient (Wildman–Crippen LogP) is 5.38. The van der Waals surface area contributed by atoms with Crippen LogP contribution < -0.4 is 5.73 Å². The van der Waals surface area contributed by atoms with E-state index < -0.39 is 0 Å². The number of nitrogen functional groups attached to an aromatic ring is 1. The molecule has 0 bridgehead atoms. The smallest absolute Gasteiger partial charge is 0.0532 e. The molecule has 1 nitrogen and oxygen atoms in total. The van der Waals surface area contributed by atoms with Crippen LogP contribution in [0.25, 0.3) is 11.1 Å². The molecule has 0 aliphatic heterocycles. The molecule has 0 saturated carbocycles. The lowest BCUT2D eigenvalue weighted by Crippen LogP contribution is -1.86. The molecule has 0 amide bonds. The number of thiophene rings is 1. The summed E-state index contributed by atoms with van der Waals surface area (Å²) in [6, 6.07) is 7.73. The number of hydrogen-bond acceptors (Lipinski definition) is 2. The lowest BCUT2D eigenvalue weighted by Gasteiger charge is -2.00. The van der Waals surface area contributed by atoms with Crippen LogP contribution in [0, 0.1) is 6.92 Å². The zero-order valence-electron chi connectivity index (χ0n) is 10.5. The van der Waals surface area contributed by atoms with Crippen LogP contribution in [0.2, 0.25) is 5.02 Å². The van der Waals surface area contributed by atoms with Crippen LogP contribution in [-0.4, -0.2) is 0 Å². The summed E-state index contributed by atoms with van der Waals surface area (Å²) in [5, 5.41) is 2.83. The van der Waals surface area contributed by atoms with Gasteiger partial charge in [0.15, 0.2) is 0 Å². The minimum absolute atomic E-state index is 0.749. The van der Waals surface area contributed by atoms with Crippen molar-refractivity contribution < 1.29 is 0 Å². The van der Waals surface area contributed by atoms with E-state index in [1.54, 1.807) is 11.3 Å². The first-order valence-electron chi connectivity index (χ1n) is 5.69. The first kappa shape index (κ1) is 14.1. The molecule has 0 radical (unpaired) electrons. The summed E-state index contributed by atoms with van der Waals surface area (Å²) in [6.45, 7) is 6.28. The van der Waals surface area contributed by atoms with Gasteiger partial charge in [-0.3, -0.25) is 0 Å². The monoisotopic (exact) mass is 267 g/mol. The first-order chi connectivity index (χ1) is 8.10. The van der Waals surface area contributed by atoms with Gasteiger partial charge in [-0.05, 0) is 24.6 Å². The Labute approximate surface area is 112 Å². The van der Waals surface area contributed by atoms with Crippen molar-refractivity contribution in [1.29, 1.82) is 0 Å². The maximum Gasteiger partial charge on any atom is 0.0532 e. The second-order valence-corrected chi connectivity index (χ2v) is 5.35. The standard InChI is InChI=1S/C11H10ClNS.C3H8/c1-7-11(13)10(6-14-7)8-2-4-9(12)5-3-8;1-3-2/h2-6H,13H2,1H3;3H2,1-2H3. The largest absolute Gasteiger partial charge is 0.397 e. The molecular weight excluding hydrogens is 250 g/mol. The number of aryl methyl sites for hydroxylation is 1. The maximum atomic E-state index is 5.95. The van der Waals surface area contributed by atoms with Crippen LogP contribution in [0.15, 0.2) is 29.6 Å². The van der Waals surface area contributed by atoms with Gasteiger partial charge < -0.3 is 5.73 Å². The Morgan fingerprint density at radius 1 is 1.18 bits per heavy atom. The molecule has 0 saturated heterocycles. The minimum atomic E-state index is 0.749. The van der Waals surface area contributed by atoms with E-state index in [2.05, 4.69) is 19.2 Å². The molecule has 0 fully saturated rings. The molecule has 1 aromatic carbocycles. The molecule has 0 unspecified atom stereocenters. The summed E-state index contributed by atoms with van der Waals surface area (Å²) < 4.78 is 0. The molecule has 0 aliphatic rings.